The smallest absolute Gasteiger partial charge is 0.246 e. The van der Waals surface area contributed by atoms with Gasteiger partial charge in [0, 0.05) is 13.7 Å². The Balaban J connectivity index is 2.37. The number of methoxy groups -OCH3 is 1. The molecule has 0 aromatic heterocycles. The Morgan fingerprint density at radius 3 is 2.73 bits per heavy atom. The van der Waals surface area contributed by atoms with Crippen molar-refractivity contribution in [3.63, 3.8) is 0 Å². The highest BCUT2D eigenvalue weighted by Gasteiger charge is 2.08. The number of ether oxygens (including phenoxy) is 1. The molecule has 4 nitrogen and oxygen atoms in total. The van der Waals surface area contributed by atoms with Gasteiger partial charge in [-0.05, 0) is 5.56 Å². The van der Waals surface area contributed by atoms with Crippen LogP contribution in [0.2, 0.25) is 0 Å². The van der Waals surface area contributed by atoms with Crippen molar-refractivity contribution in [3.8, 4) is 0 Å². The van der Waals surface area contributed by atoms with Gasteiger partial charge in [-0.15, -0.1) is 0 Å². The minimum atomic E-state index is -0.674. The minimum absolute atomic E-state index is 0.0154. The molecular formula is C11H15NO3. The number of nitrogens with one attached hydrogen (secondary N) is 1. The highest BCUT2D eigenvalue weighted by Crippen LogP contribution is 2.10. The maximum Gasteiger partial charge on any atom is 0.246 e. The Morgan fingerprint density at radius 1 is 1.47 bits per heavy atom. The summed E-state index contributed by atoms with van der Waals surface area (Å²) in [5.74, 6) is -0.229. The van der Waals surface area contributed by atoms with Crippen LogP contribution in [-0.2, 0) is 9.53 Å². The van der Waals surface area contributed by atoms with Crippen molar-refractivity contribution in [2.24, 2.45) is 0 Å². The summed E-state index contributed by atoms with van der Waals surface area (Å²) in [5, 5.41) is 12.2. The van der Waals surface area contributed by atoms with E-state index in [1.54, 1.807) is 0 Å². The van der Waals surface area contributed by atoms with Gasteiger partial charge in [-0.3, -0.25) is 4.79 Å². The number of amides is 1. The van der Waals surface area contributed by atoms with Crippen LogP contribution in [0.5, 0.6) is 0 Å². The van der Waals surface area contributed by atoms with Crippen molar-refractivity contribution < 1.29 is 14.6 Å². The Morgan fingerprint density at radius 2 is 2.13 bits per heavy atom. The first kappa shape index (κ1) is 11.7. The van der Waals surface area contributed by atoms with Crippen LogP contribution in [-0.4, -0.2) is 31.3 Å². The second kappa shape index (κ2) is 6.16. The quantitative estimate of drug-likeness (QED) is 0.741. The van der Waals surface area contributed by atoms with E-state index in [4.69, 9.17) is 0 Å². The van der Waals surface area contributed by atoms with Crippen LogP contribution >= 0.6 is 0 Å². The number of hydrogen-bond donors (Lipinski definition) is 2. The van der Waals surface area contributed by atoms with E-state index in [0.29, 0.717) is 0 Å². The summed E-state index contributed by atoms with van der Waals surface area (Å²) in [6, 6.07) is 9.19. The topological polar surface area (TPSA) is 58.6 Å². The first-order chi connectivity index (χ1) is 7.24. The standard InChI is InChI=1S/C11H15NO3/c1-15-8-11(14)12-7-10(13)9-5-3-2-4-6-9/h2-6,10,13H,7-8H2,1H3,(H,12,14). The average Bonchev–Trinajstić information content (AvgIpc) is 2.27. The largest absolute Gasteiger partial charge is 0.387 e. The first-order valence-electron chi connectivity index (χ1n) is 4.72. The molecule has 0 aliphatic rings. The Bertz CT molecular complexity index is 300. The highest BCUT2D eigenvalue weighted by atomic mass is 16.5. The predicted octanol–water partition coefficient (Wildman–Crippen LogP) is 0.483. The van der Waals surface area contributed by atoms with Crippen LogP contribution in [0.1, 0.15) is 11.7 Å². The molecule has 1 atom stereocenters. The minimum Gasteiger partial charge on any atom is -0.387 e. The molecule has 1 aromatic rings. The molecule has 0 heterocycles. The number of aliphatic hydroxyl groups is 1. The van der Waals surface area contributed by atoms with E-state index in [0.717, 1.165) is 5.56 Å². The Kier molecular flexibility index (Phi) is 4.80. The molecule has 0 saturated heterocycles. The number of rotatable bonds is 5. The third kappa shape index (κ3) is 4.10. The van der Waals surface area contributed by atoms with Gasteiger partial charge in [-0.1, -0.05) is 30.3 Å². The predicted molar refractivity (Wildman–Crippen MR) is 56.3 cm³/mol. The summed E-state index contributed by atoms with van der Waals surface area (Å²) in [6.45, 7) is 0.216. The lowest BCUT2D eigenvalue weighted by molar-refractivity contribution is -0.125. The summed E-state index contributed by atoms with van der Waals surface area (Å²) in [6.07, 6.45) is -0.674. The van der Waals surface area contributed by atoms with Crippen LogP contribution in [0.3, 0.4) is 0 Å². The summed E-state index contributed by atoms with van der Waals surface area (Å²) < 4.78 is 4.65. The van der Waals surface area contributed by atoms with Crippen LogP contribution in [0.15, 0.2) is 30.3 Å². The maximum atomic E-state index is 11.0. The Labute approximate surface area is 88.9 Å². The van der Waals surface area contributed by atoms with Gasteiger partial charge in [0.05, 0.1) is 6.10 Å². The lowest BCUT2D eigenvalue weighted by atomic mass is 10.1. The number of carbonyl (C=O) groups is 1. The fourth-order valence-electron chi connectivity index (χ4n) is 1.19. The third-order valence-corrected chi connectivity index (χ3v) is 1.95. The molecule has 1 unspecified atom stereocenters. The SMILES string of the molecule is COCC(=O)NCC(O)c1ccccc1. The molecule has 0 spiro atoms. The van der Waals surface area contributed by atoms with Crippen molar-refractivity contribution in [1.82, 2.24) is 5.32 Å². The molecule has 0 bridgehead atoms. The molecule has 4 heteroatoms. The van der Waals surface area contributed by atoms with Crippen LogP contribution < -0.4 is 5.32 Å². The molecule has 2 N–H and O–H groups in total. The van der Waals surface area contributed by atoms with Crippen molar-refractivity contribution in [2.75, 3.05) is 20.3 Å². The molecule has 1 amide bonds. The van der Waals surface area contributed by atoms with E-state index in [2.05, 4.69) is 10.1 Å². The number of hydrogen-bond acceptors (Lipinski definition) is 3. The van der Waals surface area contributed by atoms with E-state index >= 15 is 0 Å². The average molecular weight is 209 g/mol. The third-order valence-electron chi connectivity index (χ3n) is 1.95. The second-order valence-electron chi connectivity index (χ2n) is 3.16. The van der Waals surface area contributed by atoms with Crippen molar-refractivity contribution in [2.45, 2.75) is 6.10 Å². The molecule has 0 fully saturated rings. The van der Waals surface area contributed by atoms with Gasteiger partial charge in [0.2, 0.25) is 5.91 Å². The molecule has 82 valence electrons. The summed E-state index contributed by atoms with van der Waals surface area (Å²) in [4.78, 5) is 11.0. The Hall–Kier alpha value is -1.39. The van der Waals surface area contributed by atoms with Crippen LogP contribution in [0.4, 0.5) is 0 Å². The van der Waals surface area contributed by atoms with Gasteiger partial charge in [0.15, 0.2) is 0 Å². The zero-order chi connectivity index (χ0) is 11.1. The van der Waals surface area contributed by atoms with E-state index < -0.39 is 6.10 Å². The number of benzene rings is 1. The molecule has 0 saturated carbocycles. The maximum absolute atomic E-state index is 11.0. The number of aliphatic hydroxyl groups excluding tert-OH is 1. The fraction of sp³-hybridized carbons (Fsp3) is 0.364. The van der Waals surface area contributed by atoms with Gasteiger partial charge in [-0.25, -0.2) is 0 Å². The van der Waals surface area contributed by atoms with E-state index in [9.17, 15) is 9.90 Å². The van der Waals surface area contributed by atoms with Gasteiger partial charge in [0.1, 0.15) is 6.61 Å². The van der Waals surface area contributed by atoms with Crippen molar-refractivity contribution in [3.05, 3.63) is 35.9 Å². The lowest BCUT2D eigenvalue weighted by Crippen LogP contribution is -2.31. The summed E-state index contributed by atoms with van der Waals surface area (Å²) >= 11 is 0. The van der Waals surface area contributed by atoms with Crippen molar-refractivity contribution in [1.29, 1.82) is 0 Å². The van der Waals surface area contributed by atoms with E-state index in [-0.39, 0.29) is 19.1 Å². The lowest BCUT2D eigenvalue weighted by Gasteiger charge is -2.11. The van der Waals surface area contributed by atoms with E-state index in [1.165, 1.54) is 7.11 Å². The second-order valence-corrected chi connectivity index (χ2v) is 3.16. The first-order valence-corrected chi connectivity index (χ1v) is 4.72. The van der Waals surface area contributed by atoms with Crippen LogP contribution in [0.25, 0.3) is 0 Å². The molecule has 1 rings (SSSR count). The molecule has 0 radical (unpaired) electrons. The van der Waals surface area contributed by atoms with Crippen molar-refractivity contribution >= 4 is 5.91 Å². The normalized spacial score (nSPS) is 12.1. The monoisotopic (exact) mass is 209 g/mol. The zero-order valence-electron chi connectivity index (χ0n) is 8.64. The number of carbonyl (C=O) groups excluding carboxylic acids is 1. The van der Waals surface area contributed by atoms with Gasteiger partial charge >= 0.3 is 0 Å². The van der Waals surface area contributed by atoms with Gasteiger partial charge in [-0.2, -0.15) is 0 Å². The zero-order valence-corrected chi connectivity index (χ0v) is 8.64. The molecule has 15 heavy (non-hydrogen) atoms. The van der Waals surface area contributed by atoms with Gasteiger partial charge in [0.25, 0.3) is 0 Å². The van der Waals surface area contributed by atoms with Gasteiger partial charge < -0.3 is 15.2 Å². The molecule has 0 aliphatic carbocycles. The van der Waals surface area contributed by atoms with E-state index in [1.807, 2.05) is 30.3 Å². The molecular weight excluding hydrogens is 194 g/mol. The summed E-state index contributed by atoms with van der Waals surface area (Å²) in [7, 11) is 1.45. The molecule has 0 aliphatic heterocycles. The highest BCUT2D eigenvalue weighted by molar-refractivity contribution is 5.77. The summed E-state index contributed by atoms with van der Waals surface area (Å²) in [5.41, 5.74) is 0.787. The fourth-order valence-corrected chi connectivity index (χ4v) is 1.19. The van der Waals surface area contributed by atoms with Crippen LogP contribution in [0, 0.1) is 0 Å². The molecule has 1 aromatic carbocycles.